The van der Waals surface area contributed by atoms with E-state index in [0.29, 0.717) is 5.56 Å². The molecule has 1 heterocycles. The molecule has 0 amide bonds. The van der Waals surface area contributed by atoms with E-state index in [9.17, 15) is 4.79 Å². The molecule has 2 aromatic rings. The Morgan fingerprint density at radius 3 is 2.35 bits per heavy atom. The Hall–Kier alpha value is -2.62. The third-order valence-corrected chi connectivity index (χ3v) is 3.96. The summed E-state index contributed by atoms with van der Waals surface area (Å²) < 4.78 is 0. The van der Waals surface area contributed by atoms with Gasteiger partial charge in [-0.2, -0.15) is 0 Å². The highest BCUT2D eigenvalue weighted by molar-refractivity contribution is 5.90. The summed E-state index contributed by atoms with van der Waals surface area (Å²) in [5.74, 6) is -0.452. The van der Waals surface area contributed by atoms with E-state index in [0.717, 1.165) is 18.7 Å². The van der Waals surface area contributed by atoms with Gasteiger partial charge >= 0.3 is 5.97 Å². The zero-order valence-electron chi connectivity index (χ0n) is 13.0. The maximum Gasteiger partial charge on any atom is 0.365 e. The van der Waals surface area contributed by atoms with Gasteiger partial charge in [-0.05, 0) is 49.1 Å². The van der Waals surface area contributed by atoms with Crippen molar-refractivity contribution < 1.29 is 9.63 Å². The Kier molecular flexibility index (Phi) is 5.04. The quantitative estimate of drug-likeness (QED) is 0.489. The average Bonchev–Trinajstić information content (AvgIpc) is 2.64. The third kappa shape index (κ3) is 4.19. The van der Waals surface area contributed by atoms with Gasteiger partial charge < -0.3 is 9.74 Å². The molecule has 0 atom stereocenters. The number of rotatable bonds is 4. The molecule has 0 aromatic heterocycles. The van der Waals surface area contributed by atoms with Crippen molar-refractivity contribution in [2.45, 2.75) is 19.3 Å². The second-order valence-electron chi connectivity index (χ2n) is 5.62. The van der Waals surface area contributed by atoms with Crippen LogP contribution in [-0.4, -0.2) is 25.3 Å². The summed E-state index contributed by atoms with van der Waals surface area (Å²) in [5, 5.41) is 3.77. The van der Waals surface area contributed by atoms with Crippen LogP contribution in [0.3, 0.4) is 0 Å². The van der Waals surface area contributed by atoms with Crippen LogP contribution in [0.5, 0.6) is 0 Å². The first-order chi connectivity index (χ1) is 11.3. The van der Waals surface area contributed by atoms with E-state index in [1.807, 2.05) is 18.2 Å². The molecular weight excluding hydrogens is 288 g/mol. The highest BCUT2D eigenvalue weighted by Gasteiger charge is 2.10. The molecule has 0 radical (unpaired) electrons. The molecule has 0 N–H and O–H groups in total. The van der Waals surface area contributed by atoms with Crippen LogP contribution in [0.25, 0.3) is 0 Å². The molecule has 23 heavy (non-hydrogen) atoms. The van der Waals surface area contributed by atoms with E-state index in [4.69, 9.17) is 4.84 Å². The van der Waals surface area contributed by atoms with Gasteiger partial charge in [-0.3, -0.25) is 0 Å². The Balaban J connectivity index is 1.56. The SMILES string of the molecule is O=C(ON=Cc1ccc(N2CCCCC2)cc1)c1ccccc1. The molecule has 2 aromatic carbocycles. The largest absolute Gasteiger partial charge is 0.372 e. The molecule has 118 valence electrons. The minimum absolute atomic E-state index is 0.452. The number of hydrogen-bond acceptors (Lipinski definition) is 4. The molecule has 0 unspecified atom stereocenters. The van der Waals surface area contributed by atoms with Gasteiger partial charge in [0.15, 0.2) is 0 Å². The van der Waals surface area contributed by atoms with Gasteiger partial charge in [0.1, 0.15) is 0 Å². The van der Waals surface area contributed by atoms with E-state index < -0.39 is 5.97 Å². The minimum atomic E-state index is -0.452. The molecule has 1 aliphatic heterocycles. The summed E-state index contributed by atoms with van der Waals surface area (Å²) in [6, 6.07) is 17.0. The lowest BCUT2D eigenvalue weighted by Crippen LogP contribution is -2.29. The number of carbonyl (C=O) groups is 1. The fourth-order valence-corrected chi connectivity index (χ4v) is 2.69. The monoisotopic (exact) mass is 308 g/mol. The second-order valence-corrected chi connectivity index (χ2v) is 5.62. The van der Waals surface area contributed by atoms with Gasteiger partial charge in [0, 0.05) is 18.8 Å². The zero-order valence-corrected chi connectivity index (χ0v) is 13.0. The lowest BCUT2D eigenvalue weighted by Gasteiger charge is -2.28. The van der Waals surface area contributed by atoms with Crippen LogP contribution in [0.15, 0.2) is 59.8 Å². The zero-order chi connectivity index (χ0) is 15.9. The lowest BCUT2D eigenvalue weighted by atomic mass is 10.1. The third-order valence-electron chi connectivity index (χ3n) is 3.96. The molecule has 1 fully saturated rings. The molecule has 0 aliphatic carbocycles. The van der Waals surface area contributed by atoms with Gasteiger partial charge in [0.2, 0.25) is 0 Å². The lowest BCUT2D eigenvalue weighted by molar-refractivity contribution is 0.0519. The second kappa shape index (κ2) is 7.58. The van der Waals surface area contributed by atoms with Gasteiger partial charge in [0.05, 0.1) is 11.8 Å². The Morgan fingerprint density at radius 2 is 1.65 bits per heavy atom. The highest BCUT2D eigenvalue weighted by Crippen LogP contribution is 2.19. The van der Waals surface area contributed by atoms with Crippen molar-refractivity contribution in [3.05, 3.63) is 65.7 Å². The number of oxime groups is 1. The Labute approximate surface area is 136 Å². The van der Waals surface area contributed by atoms with Crippen molar-refractivity contribution in [1.29, 1.82) is 0 Å². The molecule has 0 spiro atoms. The average molecular weight is 308 g/mol. The number of carbonyl (C=O) groups excluding carboxylic acids is 1. The van der Waals surface area contributed by atoms with Gasteiger partial charge in [-0.25, -0.2) is 4.79 Å². The van der Waals surface area contributed by atoms with Crippen molar-refractivity contribution in [2.24, 2.45) is 5.16 Å². The van der Waals surface area contributed by atoms with E-state index in [1.165, 1.54) is 24.9 Å². The first kappa shape index (κ1) is 15.3. The van der Waals surface area contributed by atoms with Gasteiger partial charge in [-0.1, -0.05) is 35.5 Å². The van der Waals surface area contributed by atoms with Crippen LogP contribution >= 0.6 is 0 Å². The Bertz CT molecular complexity index is 660. The summed E-state index contributed by atoms with van der Waals surface area (Å²) in [5.41, 5.74) is 2.64. The first-order valence-electron chi connectivity index (χ1n) is 7.98. The summed E-state index contributed by atoms with van der Waals surface area (Å²) in [6.45, 7) is 2.25. The number of piperidine rings is 1. The smallest absolute Gasteiger partial charge is 0.365 e. The summed E-state index contributed by atoms with van der Waals surface area (Å²) in [4.78, 5) is 19.1. The molecule has 3 rings (SSSR count). The molecule has 1 saturated heterocycles. The first-order valence-corrected chi connectivity index (χ1v) is 7.98. The van der Waals surface area contributed by atoms with Crippen molar-refractivity contribution >= 4 is 17.9 Å². The number of benzene rings is 2. The van der Waals surface area contributed by atoms with Crippen molar-refractivity contribution in [3.8, 4) is 0 Å². The van der Waals surface area contributed by atoms with Crippen molar-refractivity contribution in [2.75, 3.05) is 18.0 Å². The summed E-state index contributed by atoms with van der Waals surface area (Å²) >= 11 is 0. The van der Waals surface area contributed by atoms with Crippen LogP contribution in [-0.2, 0) is 4.84 Å². The Morgan fingerprint density at radius 1 is 0.957 bits per heavy atom. The molecule has 1 aliphatic rings. The molecule has 0 bridgehead atoms. The number of nitrogens with zero attached hydrogens (tertiary/aromatic N) is 2. The number of anilines is 1. The van der Waals surface area contributed by atoms with E-state index in [2.05, 4.69) is 22.2 Å². The van der Waals surface area contributed by atoms with E-state index in [1.54, 1.807) is 30.5 Å². The summed E-state index contributed by atoms with van der Waals surface area (Å²) in [7, 11) is 0. The maximum atomic E-state index is 11.8. The predicted molar refractivity (Wildman–Crippen MR) is 92.0 cm³/mol. The van der Waals surface area contributed by atoms with Crippen molar-refractivity contribution in [3.63, 3.8) is 0 Å². The van der Waals surface area contributed by atoms with Crippen LogP contribution in [0.2, 0.25) is 0 Å². The number of hydrogen-bond donors (Lipinski definition) is 0. The topological polar surface area (TPSA) is 41.9 Å². The van der Waals surface area contributed by atoms with Crippen LogP contribution < -0.4 is 4.90 Å². The van der Waals surface area contributed by atoms with Crippen LogP contribution in [0, 0.1) is 0 Å². The van der Waals surface area contributed by atoms with E-state index in [-0.39, 0.29) is 0 Å². The molecular formula is C19H20N2O2. The normalized spacial score (nSPS) is 14.9. The highest BCUT2D eigenvalue weighted by atomic mass is 16.7. The van der Waals surface area contributed by atoms with Gasteiger partial charge in [0.25, 0.3) is 0 Å². The predicted octanol–water partition coefficient (Wildman–Crippen LogP) is 3.87. The maximum absolute atomic E-state index is 11.8. The standard InChI is InChI=1S/C19H20N2O2/c22-19(17-7-3-1-4-8-17)23-20-15-16-9-11-18(12-10-16)21-13-5-2-6-14-21/h1,3-4,7-12,15H,2,5-6,13-14H2. The van der Waals surface area contributed by atoms with E-state index >= 15 is 0 Å². The minimum Gasteiger partial charge on any atom is -0.372 e. The summed E-state index contributed by atoms with van der Waals surface area (Å²) in [6.07, 6.45) is 5.41. The molecule has 4 heteroatoms. The van der Waals surface area contributed by atoms with Crippen molar-refractivity contribution in [1.82, 2.24) is 0 Å². The van der Waals surface area contributed by atoms with Crippen LogP contribution in [0.1, 0.15) is 35.2 Å². The molecule has 4 nitrogen and oxygen atoms in total. The van der Waals surface area contributed by atoms with Crippen LogP contribution in [0.4, 0.5) is 5.69 Å². The molecule has 0 saturated carbocycles. The fourth-order valence-electron chi connectivity index (χ4n) is 2.69. The van der Waals surface area contributed by atoms with Gasteiger partial charge in [-0.15, -0.1) is 0 Å². The fraction of sp³-hybridized carbons (Fsp3) is 0.263.